The number of hydrogen-bond acceptors (Lipinski definition) is 3. The van der Waals surface area contributed by atoms with E-state index >= 15 is 0 Å². The number of carbonyl (C=O) groups excluding carboxylic acids is 1. The van der Waals surface area contributed by atoms with Crippen molar-refractivity contribution in [3.05, 3.63) is 101 Å². The van der Waals surface area contributed by atoms with Crippen LogP contribution < -0.4 is 9.80 Å². The van der Waals surface area contributed by atoms with Crippen molar-refractivity contribution in [1.29, 1.82) is 0 Å². The van der Waals surface area contributed by atoms with Gasteiger partial charge in [-0.05, 0) is 55.0 Å². The van der Waals surface area contributed by atoms with Crippen LogP contribution in [0.25, 0.3) is 4.85 Å². The van der Waals surface area contributed by atoms with Gasteiger partial charge in [-0.2, -0.15) is 13.2 Å². The smallest absolute Gasteiger partial charge is 0.376 e. The molecule has 1 N–H and O–H groups in total. The van der Waals surface area contributed by atoms with Crippen LogP contribution in [0.1, 0.15) is 16.7 Å². The van der Waals surface area contributed by atoms with Gasteiger partial charge in [-0.3, -0.25) is 9.80 Å². The second kappa shape index (κ2) is 7.83. The quantitative estimate of drug-likeness (QED) is 0.496. The number of halogens is 3. The Bertz CT molecular complexity index is 1330. The van der Waals surface area contributed by atoms with Crippen LogP contribution in [0.15, 0.2) is 72.8 Å². The highest BCUT2D eigenvalue weighted by Gasteiger charge is 2.72. The summed E-state index contributed by atoms with van der Waals surface area (Å²) >= 11 is 0. The summed E-state index contributed by atoms with van der Waals surface area (Å²) < 4.78 is 45.0. The normalized spacial score (nSPS) is 21.2. The highest BCUT2D eigenvalue weighted by molar-refractivity contribution is 6.10. The second-order valence-corrected chi connectivity index (χ2v) is 8.69. The molecule has 1 atom stereocenters. The van der Waals surface area contributed by atoms with Crippen molar-refractivity contribution in [3.63, 3.8) is 0 Å². The molecule has 5 rings (SSSR count). The molecule has 0 bridgehead atoms. The molecular formula is C26H20F3N3O3. The molecule has 0 radical (unpaired) electrons. The molecule has 2 saturated heterocycles. The molecule has 0 aromatic heterocycles. The molecule has 35 heavy (non-hydrogen) atoms. The van der Waals surface area contributed by atoms with Crippen molar-refractivity contribution in [2.75, 3.05) is 23.0 Å². The van der Waals surface area contributed by atoms with Gasteiger partial charge in [0.15, 0.2) is 11.4 Å². The van der Waals surface area contributed by atoms with Crippen molar-refractivity contribution < 1.29 is 27.8 Å². The van der Waals surface area contributed by atoms with E-state index in [9.17, 15) is 23.1 Å². The molecule has 178 valence electrons. The maximum Gasteiger partial charge on any atom is 0.416 e. The molecule has 2 aliphatic heterocycles. The third kappa shape index (κ3) is 3.29. The van der Waals surface area contributed by atoms with Gasteiger partial charge >= 0.3 is 12.2 Å². The van der Waals surface area contributed by atoms with Gasteiger partial charge in [-0.25, -0.2) is 9.64 Å². The van der Waals surface area contributed by atoms with E-state index in [0.29, 0.717) is 11.3 Å². The molecule has 2 fully saturated rings. The number of rotatable bonds is 3. The van der Waals surface area contributed by atoms with E-state index in [-0.39, 0.29) is 24.6 Å². The average Bonchev–Trinajstić information content (AvgIpc) is 3.04. The molecule has 2 aliphatic rings. The molecule has 3 aromatic rings. The lowest BCUT2D eigenvalue weighted by Gasteiger charge is -2.52. The van der Waals surface area contributed by atoms with Gasteiger partial charge in [0.2, 0.25) is 0 Å². The highest BCUT2D eigenvalue weighted by Crippen LogP contribution is 2.54. The zero-order chi connectivity index (χ0) is 25.0. The molecule has 2 amide bonds. The van der Waals surface area contributed by atoms with E-state index < -0.39 is 29.0 Å². The van der Waals surface area contributed by atoms with E-state index in [1.165, 1.54) is 28.0 Å². The van der Waals surface area contributed by atoms with Gasteiger partial charge in [-0.15, -0.1) is 0 Å². The molecule has 1 unspecified atom stereocenters. The summed E-state index contributed by atoms with van der Waals surface area (Å²) in [4.78, 5) is 20.0. The number of nitrogens with zero attached hydrogens (tertiary/aromatic N) is 3. The SMILES string of the molecule is [C-]#[N+]c1cccc(C2(O)N(c3ccc(C)cc3)C(=O)N(c3ccc(C(F)(F)F)cc3)C23COC3)c1. The Hall–Kier alpha value is -3.87. The van der Waals surface area contributed by atoms with Gasteiger partial charge in [0.1, 0.15) is 5.54 Å². The monoisotopic (exact) mass is 479 g/mol. The van der Waals surface area contributed by atoms with Crippen molar-refractivity contribution in [2.45, 2.75) is 24.4 Å². The lowest BCUT2D eigenvalue weighted by molar-refractivity contribution is -0.153. The van der Waals surface area contributed by atoms with Crippen LogP contribution in [-0.2, 0) is 16.6 Å². The number of aliphatic hydroxyl groups is 1. The van der Waals surface area contributed by atoms with Crippen molar-refractivity contribution >= 4 is 23.1 Å². The predicted molar refractivity (Wildman–Crippen MR) is 123 cm³/mol. The number of amides is 2. The van der Waals surface area contributed by atoms with Gasteiger partial charge in [0.05, 0.1) is 25.3 Å². The lowest BCUT2D eigenvalue weighted by Crippen LogP contribution is -2.70. The predicted octanol–water partition coefficient (Wildman–Crippen LogP) is 5.63. The fraction of sp³-hybridized carbons (Fsp3) is 0.231. The standard InChI is InChI=1S/C26H20F3N3O3/c1-17-6-10-22(11-7-17)32-23(33)31(21-12-8-18(9-13-21)26(27,28)29)24(15-35-16-24)25(32,34)19-4-3-5-20(14-19)30-2/h3-14,34H,15-16H2,1H3. The Morgan fingerprint density at radius 2 is 1.57 bits per heavy atom. The Labute approximate surface area is 199 Å². The maximum absolute atomic E-state index is 14.0. The van der Waals surface area contributed by atoms with Crippen molar-refractivity contribution in [1.82, 2.24) is 0 Å². The van der Waals surface area contributed by atoms with E-state index in [2.05, 4.69) is 4.85 Å². The second-order valence-electron chi connectivity index (χ2n) is 8.69. The minimum atomic E-state index is -4.53. The lowest BCUT2D eigenvalue weighted by atomic mass is 9.78. The summed E-state index contributed by atoms with van der Waals surface area (Å²) in [5.74, 6) is 0. The summed E-state index contributed by atoms with van der Waals surface area (Å²) in [5.41, 5.74) is -2.04. The minimum Gasteiger partial charge on any atom is -0.376 e. The topological polar surface area (TPSA) is 57.4 Å². The van der Waals surface area contributed by atoms with Gasteiger partial charge in [0.25, 0.3) is 0 Å². The fourth-order valence-corrected chi connectivity index (χ4v) is 4.75. The fourth-order valence-electron chi connectivity index (χ4n) is 4.75. The minimum absolute atomic E-state index is 0.0547. The van der Waals surface area contributed by atoms with Crippen LogP contribution in [0.5, 0.6) is 0 Å². The molecule has 0 aliphatic carbocycles. The largest absolute Gasteiger partial charge is 0.416 e. The maximum atomic E-state index is 14.0. The molecule has 6 nitrogen and oxygen atoms in total. The Balaban J connectivity index is 1.72. The van der Waals surface area contributed by atoms with Crippen LogP contribution >= 0.6 is 0 Å². The number of anilines is 2. The van der Waals surface area contributed by atoms with E-state index in [4.69, 9.17) is 11.3 Å². The Morgan fingerprint density at radius 1 is 0.971 bits per heavy atom. The number of urea groups is 1. The third-order valence-electron chi connectivity index (χ3n) is 6.59. The summed E-state index contributed by atoms with van der Waals surface area (Å²) in [5, 5.41) is 12.4. The Kier molecular flexibility index (Phi) is 5.13. The summed E-state index contributed by atoms with van der Waals surface area (Å²) in [6, 6.07) is 16.9. The van der Waals surface area contributed by atoms with Gasteiger partial charge < -0.3 is 9.84 Å². The molecular weight excluding hydrogens is 459 g/mol. The third-order valence-corrected chi connectivity index (χ3v) is 6.59. The van der Waals surface area contributed by atoms with Crippen molar-refractivity contribution in [2.24, 2.45) is 0 Å². The first-order valence-electron chi connectivity index (χ1n) is 10.8. The zero-order valence-electron chi connectivity index (χ0n) is 18.6. The molecule has 3 aromatic carbocycles. The van der Waals surface area contributed by atoms with Crippen LogP contribution in [0.4, 0.5) is 35.0 Å². The highest BCUT2D eigenvalue weighted by atomic mass is 19.4. The van der Waals surface area contributed by atoms with Crippen LogP contribution in [0, 0.1) is 13.5 Å². The summed E-state index contributed by atoms with van der Waals surface area (Å²) in [7, 11) is 0. The summed E-state index contributed by atoms with van der Waals surface area (Å²) in [6.45, 7) is 9.17. The number of ether oxygens (including phenoxy) is 1. The number of carbonyl (C=O) groups is 1. The number of hydrogen-bond donors (Lipinski definition) is 1. The first kappa shape index (κ1) is 22.9. The van der Waals surface area contributed by atoms with E-state index in [1.54, 1.807) is 42.5 Å². The van der Waals surface area contributed by atoms with Crippen LogP contribution in [-0.4, -0.2) is 29.9 Å². The van der Waals surface area contributed by atoms with E-state index in [1.807, 2.05) is 6.92 Å². The first-order valence-corrected chi connectivity index (χ1v) is 10.8. The Morgan fingerprint density at radius 3 is 2.11 bits per heavy atom. The number of aryl methyl sites for hydroxylation is 1. The van der Waals surface area contributed by atoms with Crippen molar-refractivity contribution in [3.8, 4) is 0 Å². The number of alkyl halides is 3. The molecule has 9 heteroatoms. The molecule has 2 heterocycles. The number of benzene rings is 3. The molecule has 1 spiro atoms. The van der Waals surface area contributed by atoms with Crippen LogP contribution in [0.2, 0.25) is 0 Å². The average molecular weight is 479 g/mol. The molecule has 0 saturated carbocycles. The summed E-state index contributed by atoms with van der Waals surface area (Å²) in [6.07, 6.45) is -4.53. The van der Waals surface area contributed by atoms with Crippen LogP contribution in [0.3, 0.4) is 0 Å². The van der Waals surface area contributed by atoms with Gasteiger partial charge in [0, 0.05) is 11.4 Å². The zero-order valence-corrected chi connectivity index (χ0v) is 18.6. The first-order chi connectivity index (χ1) is 16.6. The van der Waals surface area contributed by atoms with Gasteiger partial charge in [-0.1, -0.05) is 35.9 Å². The van der Waals surface area contributed by atoms with E-state index in [0.717, 1.165) is 17.7 Å².